The molecule has 3 heterocycles. The lowest BCUT2D eigenvalue weighted by atomic mass is 9.83. The van der Waals surface area contributed by atoms with E-state index in [2.05, 4.69) is 28.4 Å². The van der Waals surface area contributed by atoms with Crippen LogP contribution in [-0.4, -0.2) is 42.6 Å². The number of hydrogen-bond acceptors (Lipinski definition) is 4. The normalized spacial score (nSPS) is 29.9. The van der Waals surface area contributed by atoms with Crippen LogP contribution in [0.5, 0.6) is 0 Å². The molecule has 0 radical (unpaired) electrons. The van der Waals surface area contributed by atoms with Crippen molar-refractivity contribution in [2.75, 3.05) is 19.7 Å². The number of hydrogen-bond donors (Lipinski definition) is 1. The summed E-state index contributed by atoms with van der Waals surface area (Å²) in [5, 5.41) is 3.24. The largest absolute Gasteiger partial charge is 0.464 e. The molecule has 0 bridgehead atoms. The van der Waals surface area contributed by atoms with Crippen LogP contribution in [0.2, 0.25) is 0 Å². The Morgan fingerprint density at radius 3 is 2.81 bits per heavy atom. The van der Waals surface area contributed by atoms with Gasteiger partial charge in [-0.1, -0.05) is 18.6 Å². The van der Waals surface area contributed by atoms with Gasteiger partial charge >= 0.3 is 0 Å². The Morgan fingerprint density at radius 2 is 1.97 bits per heavy atom. The van der Waals surface area contributed by atoms with Gasteiger partial charge in [0.15, 0.2) is 0 Å². The van der Waals surface area contributed by atoms with Crippen LogP contribution in [0, 0.1) is 5.92 Å². The number of nitrogens with zero attached hydrogens (tertiary/aromatic N) is 1. The minimum Gasteiger partial charge on any atom is -0.464 e. The van der Waals surface area contributed by atoms with E-state index in [1.165, 1.54) is 62.7 Å². The highest BCUT2D eigenvalue weighted by atomic mass is 16.5. The molecule has 5 nitrogen and oxygen atoms in total. The third-order valence-corrected chi connectivity index (χ3v) is 7.69. The zero-order chi connectivity index (χ0) is 21.0. The van der Waals surface area contributed by atoms with Crippen LogP contribution in [0.1, 0.15) is 75.8 Å². The first kappa shape index (κ1) is 21.0. The summed E-state index contributed by atoms with van der Waals surface area (Å²) in [6.07, 6.45) is 13.4. The summed E-state index contributed by atoms with van der Waals surface area (Å²) < 4.78 is 11.4. The summed E-state index contributed by atoms with van der Waals surface area (Å²) >= 11 is 0. The van der Waals surface area contributed by atoms with Gasteiger partial charge in [0.05, 0.1) is 6.26 Å². The minimum absolute atomic E-state index is 0.115. The Bertz CT molecular complexity index is 820. The second-order valence-corrected chi connectivity index (χ2v) is 9.79. The zero-order valence-electron chi connectivity index (χ0n) is 18.6. The second-order valence-electron chi connectivity index (χ2n) is 9.79. The molecule has 5 heteroatoms. The molecule has 1 amide bonds. The smallest absolute Gasteiger partial charge is 0.249 e. The van der Waals surface area contributed by atoms with Gasteiger partial charge in [-0.2, -0.15) is 0 Å². The highest BCUT2D eigenvalue weighted by Crippen LogP contribution is 2.36. The zero-order valence-corrected chi connectivity index (χ0v) is 18.6. The Kier molecular flexibility index (Phi) is 6.61. The predicted molar refractivity (Wildman–Crippen MR) is 121 cm³/mol. The molecule has 5 aliphatic rings. The van der Waals surface area contributed by atoms with E-state index >= 15 is 0 Å². The van der Waals surface area contributed by atoms with E-state index in [9.17, 15) is 4.79 Å². The molecule has 0 aromatic rings. The van der Waals surface area contributed by atoms with Gasteiger partial charge in [0.2, 0.25) is 5.91 Å². The number of ether oxygens (including phenoxy) is 1. The van der Waals surface area contributed by atoms with Crippen molar-refractivity contribution in [1.82, 2.24) is 10.2 Å². The highest BCUT2D eigenvalue weighted by Gasteiger charge is 2.29. The van der Waals surface area contributed by atoms with E-state index in [1.807, 2.05) is 12.3 Å². The molecule has 1 N–H and O–H groups in total. The Labute approximate surface area is 185 Å². The number of carbonyl (C=O) groups excluding carboxylic acids is 1. The van der Waals surface area contributed by atoms with Crippen molar-refractivity contribution in [3.63, 3.8) is 0 Å². The quantitative estimate of drug-likeness (QED) is 0.696. The number of piperidine rings is 1. The molecule has 0 aromatic heterocycles. The fourth-order valence-electron chi connectivity index (χ4n) is 5.82. The Balaban J connectivity index is 1.11. The monoisotopic (exact) mass is 424 g/mol. The van der Waals surface area contributed by atoms with Crippen LogP contribution in [-0.2, 0) is 9.53 Å². The Hall–Kier alpha value is -1.85. The van der Waals surface area contributed by atoms with Crippen molar-refractivity contribution in [1.29, 1.82) is 0 Å². The Morgan fingerprint density at radius 1 is 1.06 bits per heavy atom. The summed E-state index contributed by atoms with van der Waals surface area (Å²) in [5.74, 6) is 1.87. The lowest BCUT2D eigenvalue weighted by Gasteiger charge is -2.37. The van der Waals surface area contributed by atoms with Crippen molar-refractivity contribution in [3.05, 3.63) is 36.1 Å². The van der Waals surface area contributed by atoms with Gasteiger partial charge in [0.1, 0.15) is 11.9 Å². The maximum absolute atomic E-state index is 12.3. The van der Waals surface area contributed by atoms with E-state index in [0.29, 0.717) is 12.1 Å². The topological polar surface area (TPSA) is 54.7 Å². The van der Waals surface area contributed by atoms with Crippen molar-refractivity contribution < 1.29 is 13.9 Å². The van der Waals surface area contributed by atoms with Gasteiger partial charge < -0.3 is 14.5 Å². The summed E-state index contributed by atoms with van der Waals surface area (Å²) in [6.45, 7) is 3.09. The molecule has 2 atom stereocenters. The molecular formula is C26H36N2O3. The molecule has 31 heavy (non-hydrogen) atoms. The summed E-state index contributed by atoms with van der Waals surface area (Å²) in [4.78, 5) is 15.0. The van der Waals surface area contributed by atoms with Crippen molar-refractivity contribution in [2.45, 2.75) is 82.4 Å². The standard InChI is InChI=1S/C26H36N2O3/c29-26(25-8-4-16-30-25)27-22-11-9-19(10-12-22)13-15-28-14-2-1-6-23(28)21-17-20-5-3-7-24(20)31-18-21/h3,5,7,17-19,22-23,25H,1-2,4,6,8-16H2,(H,27,29)/t19-,22-,23?,25?. The van der Waals surface area contributed by atoms with E-state index in [0.717, 1.165) is 44.0 Å². The van der Waals surface area contributed by atoms with Gasteiger partial charge in [-0.05, 0) is 88.9 Å². The molecule has 2 saturated heterocycles. The molecule has 0 aromatic carbocycles. The van der Waals surface area contributed by atoms with Gasteiger partial charge in [-0.3, -0.25) is 9.69 Å². The lowest BCUT2D eigenvalue weighted by molar-refractivity contribution is -0.131. The van der Waals surface area contributed by atoms with Crippen molar-refractivity contribution in [2.24, 2.45) is 5.92 Å². The number of rotatable bonds is 6. The third kappa shape index (κ3) is 4.98. The average Bonchev–Trinajstić information content (AvgIpc) is 3.50. The van der Waals surface area contributed by atoms with Crippen LogP contribution < -0.4 is 5.32 Å². The van der Waals surface area contributed by atoms with Crippen LogP contribution in [0.15, 0.2) is 34.9 Å². The van der Waals surface area contributed by atoms with E-state index in [-0.39, 0.29) is 12.0 Å². The van der Waals surface area contributed by atoms with Gasteiger partial charge in [-0.15, -0.1) is 0 Å². The fourth-order valence-corrected chi connectivity index (χ4v) is 5.82. The molecule has 1 saturated carbocycles. The van der Waals surface area contributed by atoms with E-state index < -0.39 is 0 Å². The first-order chi connectivity index (χ1) is 15.3. The first-order valence-corrected chi connectivity index (χ1v) is 12.4. The van der Waals surface area contributed by atoms with Crippen LogP contribution in [0.4, 0.5) is 0 Å². The summed E-state index contributed by atoms with van der Waals surface area (Å²) in [7, 11) is 0. The highest BCUT2D eigenvalue weighted by molar-refractivity contribution is 5.81. The molecule has 2 aliphatic carbocycles. The SMILES string of the molecule is O=C(N[C@H]1CC[C@H](CCN2CCCCC2c2coc3cccc-3c2)CC1)C1CCCO1. The first-order valence-electron chi connectivity index (χ1n) is 12.4. The lowest BCUT2D eigenvalue weighted by Crippen LogP contribution is -2.43. The van der Waals surface area contributed by atoms with Crippen LogP contribution in [0.3, 0.4) is 0 Å². The van der Waals surface area contributed by atoms with Gasteiger partial charge in [-0.25, -0.2) is 0 Å². The van der Waals surface area contributed by atoms with Crippen LogP contribution in [0.25, 0.3) is 11.3 Å². The number of carbonyl (C=O) groups is 1. The molecule has 168 valence electrons. The number of fused-ring (bicyclic) bond motifs is 1. The summed E-state index contributed by atoms with van der Waals surface area (Å²) in [6, 6.07) is 9.40. The predicted octanol–water partition coefficient (Wildman–Crippen LogP) is 5.16. The number of likely N-dealkylation sites (tertiary alicyclic amines) is 1. The van der Waals surface area contributed by atoms with E-state index in [1.54, 1.807) is 0 Å². The summed E-state index contributed by atoms with van der Waals surface area (Å²) in [5.41, 5.74) is 2.55. The second kappa shape index (κ2) is 9.74. The number of amides is 1. The molecule has 3 aliphatic heterocycles. The minimum atomic E-state index is -0.201. The van der Waals surface area contributed by atoms with Crippen molar-refractivity contribution >= 4 is 5.91 Å². The van der Waals surface area contributed by atoms with E-state index in [4.69, 9.17) is 9.15 Å². The molecule has 3 fully saturated rings. The number of nitrogens with one attached hydrogen (secondary N) is 1. The molecule has 2 unspecified atom stereocenters. The maximum Gasteiger partial charge on any atom is 0.249 e. The van der Waals surface area contributed by atoms with Crippen molar-refractivity contribution in [3.8, 4) is 11.3 Å². The molecule has 5 rings (SSSR count). The maximum atomic E-state index is 12.3. The average molecular weight is 425 g/mol. The van der Waals surface area contributed by atoms with Gasteiger partial charge in [0, 0.05) is 29.8 Å². The van der Waals surface area contributed by atoms with Crippen LogP contribution >= 0.6 is 0 Å². The third-order valence-electron chi connectivity index (χ3n) is 7.69. The fraction of sp³-hybridized carbons (Fsp3) is 0.654. The molecular weight excluding hydrogens is 388 g/mol. The van der Waals surface area contributed by atoms with Gasteiger partial charge in [0.25, 0.3) is 0 Å². The molecule has 0 spiro atoms.